The van der Waals surface area contributed by atoms with Gasteiger partial charge in [0.05, 0.1) is 7.11 Å². The summed E-state index contributed by atoms with van der Waals surface area (Å²) in [5.41, 5.74) is 0. The largest absolute Gasteiger partial charge is 0.450 e. The summed E-state index contributed by atoms with van der Waals surface area (Å²) in [4.78, 5) is 0. The average molecular weight is 96.1 g/mol. The van der Waals surface area contributed by atoms with E-state index in [9.17, 15) is 0 Å². The molecule has 7 heavy (non-hydrogen) atoms. The van der Waals surface area contributed by atoms with Crippen LogP contribution in [0.2, 0.25) is 0 Å². The average Bonchev–Trinajstić information content (AvgIpc) is 2.42. The molecule has 1 saturated carbocycles. The fourth-order valence-corrected chi connectivity index (χ4v) is 0.370. The van der Waals surface area contributed by atoms with Crippen LogP contribution in [0, 0.1) is 17.9 Å². The third-order valence-corrected chi connectivity index (χ3v) is 0.942. The van der Waals surface area contributed by atoms with Gasteiger partial charge in [-0.05, 0) is 12.8 Å². The van der Waals surface area contributed by atoms with Crippen molar-refractivity contribution in [2.75, 3.05) is 7.11 Å². The van der Waals surface area contributed by atoms with Crippen LogP contribution < -0.4 is 0 Å². The molecule has 1 aliphatic carbocycles. The second kappa shape index (κ2) is 1.88. The summed E-state index contributed by atoms with van der Waals surface area (Å²) in [6.07, 6.45) is 5.11. The lowest BCUT2D eigenvalue weighted by atomic mass is 10.5. The van der Waals surface area contributed by atoms with Crippen LogP contribution in [0.5, 0.6) is 0 Å². The smallest absolute Gasteiger partial charge is 0.110 e. The maximum absolute atomic E-state index is 4.53. The summed E-state index contributed by atoms with van der Waals surface area (Å²) in [7, 11) is 1.59. The van der Waals surface area contributed by atoms with Crippen molar-refractivity contribution in [3.63, 3.8) is 0 Å². The molecule has 1 rings (SSSR count). The minimum Gasteiger partial charge on any atom is -0.450 e. The van der Waals surface area contributed by atoms with E-state index >= 15 is 0 Å². The normalized spacial score (nSPS) is 17.3. The van der Waals surface area contributed by atoms with Crippen molar-refractivity contribution in [1.29, 1.82) is 0 Å². The van der Waals surface area contributed by atoms with Crippen molar-refractivity contribution >= 4 is 0 Å². The molecule has 0 atom stereocenters. The van der Waals surface area contributed by atoms with Gasteiger partial charge in [-0.1, -0.05) is 5.92 Å². The molecular weight excluding hydrogens is 88.1 g/mol. The monoisotopic (exact) mass is 96.1 g/mol. The molecule has 38 valence electrons. The minimum absolute atomic E-state index is 0.667. The van der Waals surface area contributed by atoms with Crippen LogP contribution in [0.3, 0.4) is 0 Å². The van der Waals surface area contributed by atoms with E-state index in [0.29, 0.717) is 5.92 Å². The second-order valence-corrected chi connectivity index (χ2v) is 1.72. The fraction of sp³-hybridized carbons (Fsp3) is 0.667. The van der Waals surface area contributed by atoms with Crippen LogP contribution in [0.15, 0.2) is 0 Å². The molecule has 0 saturated heterocycles. The molecule has 0 radical (unpaired) electrons. The highest BCUT2D eigenvalue weighted by atomic mass is 16.5. The molecule has 0 aromatic rings. The Balaban J connectivity index is 2.16. The number of methoxy groups -OCH3 is 1. The van der Waals surface area contributed by atoms with Crippen molar-refractivity contribution < 1.29 is 4.74 Å². The Kier molecular flexibility index (Phi) is 1.21. The van der Waals surface area contributed by atoms with E-state index in [2.05, 4.69) is 16.8 Å². The third kappa shape index (κ3) is 1.50. The van der Waals surface area contributed by atoms with Gasteiger partial charge in [-0.15, -0.1) is 0 Å². The van der Waals surface area contributed by atoms with Gasteiger partial charge in [0.2, 0.25) is 0 Å². The maximum Gasteiger partial charge on any atom is 0.110 e. The van der Waals surface area contributed by atoms with Crippen LogP contribution in [0.4, 0.5) is 0 Å². The quantitative estimate of drug-likeness (QED) is 0.409. The van der Waals surface area contributed by atoms with E-state index in [1.807, 2.05) is 0 Å². The van der Waals surface area contributed by atoms with E-state index in [0.717, 1.165) is 0 Å². The molecule has 1 fully saturated rings. The zero-order valence-electron chi connectivity index (χ0n) is 4.40. The predicted octanol–water partition coefficient (Wildman–Crippen LogP) is 1.00. The molecule has 0 aliphatic heterocycles. The topological polar surface area (TPSA) is 9.23 Å². The highest BCUT2D eigenvalue weighted by molar-refractivity contribution is 5.04. The lowest BCUT2D eigenvalue weighted by Crippen LogP contribution is -1.66. The maximum atomic E-state index is 4.53. The molecular formula is C6H8O. The first-order valence-electron chi connectivity index (χ1n) is 2.47. The highest BCUT2D eigenvalue weighted by Crippen LogP contribution is 2.27. The SMILES string of the molecule is COC#CC1CC1. The lowest BCUT2D eigenvalue weighted by Gasteiger charge is -1.73. The Labute approximate surface area is 43.7 Å². The number of hydrogen-bond donors (Lipinski definition) is 0. The van der Waals surface area contributed by atoms with Gasteiger partial charge < -0.3 is 4.74 Å². The van der Waals surface area contributed by atoms with Gasteiger partial charge in [0.1, 0.15) is 6.11 Å². The summed E-state index contributed by atoms with van der Waals surface area (Å²) < 4.78 is 4.53. The van der Waals surface area contributed by atoms with Crippen LogP contribution >= 0.6 is 0 Å². The third-order valence-electron chi connectivity index (χ3n) is 0.942. The molecule has 0 aromatic heterocycles. The van der Waals surface area contributed by atoms with Gasteiger partial charge in [0.25, 0.3) is 0 Å². The summed E-state index contributed by atoms with van der Waals surface area (Å²) in [6.45, 7) is 0. The molecule has 1 nitrogen and oxygen atoms in total. The van der Waals surface area contributed by atoms with Crippen LogP contribution in [0.25, 0.3) is 0 Å². The minimum atomic E-state index is 0.667. The Hall–Kier alpha value is -0.640. The summed E-state index contributed by atoms with van der Waals surface area (Å²) >= 11 is 0. The molecule has 0 heterocycles. The van der Waals surface area contributed by atoms with Gasteiger partial charge in [-0.2, -0.15) is 0 Å². The summed E-state index contributed by atoms with van der Waals surface area (Å²) in [5, 5.41) is 0. The Bertz CT molecular complexity index is 103. The molecule has 0 bridgehead atoms. The van der Waals surface area contributed by atoms with Crippen molar-refractivity contribution in [2.24, 2.45) is 5.92 Å². The first kappa shape index (κ1) is 4.52. The van der Waals surface area contributed by atoms with Crippen molar-refractivity contribution in [1.82, 2.24) is 0 Å². The molecule has 1 aliphatic rings. The zero-order chi connectivity index (χ0) is 5.11. The van der Waals surface area contributed by atoms with Gasteiger partial charge in [0.15, 0.2) is 0 Å². The molecule has 0 spiro atoms. The van der Waals surface area contributed by atoms with Gasteiger partial charge in [-0.3, -0.25) is 0 Å². The van der Waals surface area contributed by atoms with E-state index in [1.165, 1.54) is 12.8 Å². The van der Waals surface area contributed by atoms with Gasteiger partial charge in [0, 0.05) is 5.92 Å². The van der Waals surface area contributed by atoms with Crippen molar-refractivity contribution in [3.05, 3.63) is 0 Å². The number of hydrogen-bond acceptors (Lipinski definition) is 1. The standard InChI is InChI=1S/C6H8O/c1-7-5-4-6-2-3-6/h6H,2-3H2,1H3. The fourth-order valence-electron chi connectivity index (χ4n) is 0.370. The Morgan fingerprint density at radius 2 is 2.29 bits per heavy atom. The molecule has 0 N–H and O–H groups in total. The van der Waals surface area contributed by atoms with E-state index in [-0.39, 0.29) is 0 Å². The number of ether oxygens (including phenoxy) is 1. The van der Waals surface area contributed by atoms with E-state index in [1.54, 1.807) is 7.11 Å². The second-order valence-electron chi connectivity index (χ2n) is 1.72. The van der Waals surface area contributed by atoms with Crippen LogP contribution in [-0.2, 0) is 4.74 Å². The van der Waals surface area contributed by atoms with Crippen molar-refractivity contribution in [2.45, 2.75) is 12.8 Å². The van der Waals surface area contributed by atoms with Gasteiger partial charge >= 0.3 is 0 Å². The van der Waals surface area contributed by atoms with Crippen LogP contribution in [-0.4, -0.2) is 7.11 Å². The highest BCUT2D eigenvalue weighted by Gasteiger charge is 2.17. The van der Waals surface area contributed by atoms with Crippen molar-refractivity contribution in [3.8, 4) is 12.0 Å². The zero-order valence-corrected chi connectivity index (χ0v) is 4.40. The number of rotatable bonds is 0. The Morgan fingerprint density at radius 1 is 1.57 bits per heavy atom. The first-order valence-corrected chi connectivity index (χ1v) is 2.47. The van der Waals surface area contributed by atoms with Crippen LogP contribution in [0.1, 0.15) is 12.8 Å². The summed E-state index contributed by atoms with van der Waals surface area (Å²) in [5.74, 6) is 3.60. The first-order chi connectivity index (χ1) is 3.43. The summed E-state index contributed by atoms with van der Waals surface area (Å²) in [6, 6.07) is 0. The predicted molar refractivity (Wildman–Crippen MR) is 27.5 cm³/mol. The van der Waals surface area contributed by atoms with E-state index in [4.69, 9.17) is 0 Å². The Morgan fingerprint density at radius 3 is 2.71 bits per heavy atom. The molecule has 0 aromatic carbocycles. The lowest BCUT2D eigenvalue weighted by molar-refractivity contribution is 0.371. The molecule has 0 unspecified atom stereocenters. The molecule has 1 heteroatoms. The van der Waals surface area contributed by atoms with Gasteiger partial charge in [-0.25, -0.2) is 0 Å². The molecule has 0 amide bonds. The van der Waals surface area contributed by atoms with E-state index < -0.39 is 0 Å².